The number of esters is 1. The fraction of sp³-hybridized carbons (Fsp3) is 0.622. The van der Waals surface area contributed by atoms with Crippen LogP contribution in [0.1, 0.15) is 72.2 Å². The predicted octanol–water partition coefficient (Wildman–Crippen LogP) is 4.41. The summed E-state index contributed by atoms with van der Waals surface area (Å²) in [5.41, 5.74) is 1.77. The summed E-state index contributed by atoms with van der Waals surface area (Å²) < 4.78 is 36.6. The minimum absolute atomic E-state index is 0.0641. The summed E-state index contributed by atoms with van der Waals surface area (Å²) in [7, 11) is 0. The van der Waals surface area contributed by atoms with Crippen molar-refractivity contribution >= 4 is 23.7 Å². The number of nitrogens with zero attached hydrogens (tertiary/aromatic N) is 5. The third-order valence-electron chi connectivity index (χ3n) is 9.46. The average molecular weight is 698 g/mol. The molecule has 274 valence electrons. The summed E-state index contributed by atoms with van der Waals surface area (Å²) in [6, 6.07) is 7.43. The Kier molecular flexibility index (Phi) is 11.4. The maximum absolute atomic E-state index is 14.5. The van der Waals surface area contributed by atoms with Gasteiger partial charge in [0, 0.05) is 50.7 Å². The highest BCUT2D eigenvalue weighted by molar-refractivity contribution is 5.97. The number of morpholine rings is 1. The summed E-state index contributed by atoms with van der Waals surface area (Å²) >= 11 is 0. The zero-order chi connectivity index (χ0) is 36.4. The number of ether oxygens (including phenoxy) is 4. The molecule has 2 saturated heterocycles. The number of fused-ring (bicyclic) bond motifs is 1. The van der Waals surface area contributed by atoms with Crippen LogP contribution in [0.4, 0.5) is 14.9 Å². The van der Waals surface area contributed by atoms with Crippen LogP contribution in [0.25, 0.3) is 0 Å². The number of aromatic nitrogens is 1. The van der Waals surface area contributed by atoms with Gasteiger partial charge in [0.05, 0.1) is 31.5 Å². The molecule has 3 atom stereocenters. The lowest BCUT2D eigenvalue weighted by atomic mass is 9.99. The molecule has 12 nitrogen and oxygen atoms in total. The van der Waals surface area contributed by atoms with Crippen LogP contribution in [-0.4, -0.2) is 119 Å². The number of hydrogen-bond acceptors (Lipinski definition) is 10. The van der Waals surface area contributed by atoms with Gasteiger partial charge >= 0.3 is 12.1 Å². The highest BCUT2D eigenvalue weighted by Gasteiger charge is 2.42. The van der Waals surface area contributed by atoms with E-state index >= 15 is 0 Å². The van der Waals surface area contributed by atoms with E-state index in [1.54, 1.807) is 21.9 Å². The Morgan fingerprint density at radius 1 is 1.08 bits per heavy atom. The van der Waals surface area contributed by atoms with E-state index in [1.165, 1.54) is 19.1 Å². The van der Waals surface area contributed by atoms with Gasteiger partial charge in [0.25, 0.3) is 0 Å². The maximum Gasteiger partial charge on any atom is 0.410 e. The van der Waals surface area contributed by atoms with Crippen molar-refractivity contribution in [3.63, 3.8) is 0 Å². The molecule has 0 spiro atoms. The van der Waals surface area contributed by atoms with E-state index in [4.69, 9.17) is 23.9 Å². The molecule has 1 aromatic heterocycles. The number of carbonyl (C=O) groups is 3. The number of pyridine rings is 1. The van der Waals surface area contributed by atoms with Gasteiger partial charge in [0.2, 0.25) is 11.8 Å². The third-order valence-corrected chi connectivity index (χ3v) is 9.46. The number of rotatable bonds is 8. The second kappa shape index (κ2) is 15.2. The third kappa shape index (κ3) is 9.10. The lowest BCUT2D eigenvalue weighted by Gasteiger charge is -2.50. The number of anilines is 1. The van der Waals surface area contributed by atoms with E-state index < -0.39 is 11.6 Å². The van der Waals surface area contributed by atoms with Gasteiger partial charge in [-0.2, -0.15) is 0 Å². The largest absolute Gasteiger partial charge is 0.474 e. The molecular formula is C37H52FN5O7. The minimum Gasteiger partial charge on any atom is -0.474 e. The van der Waals surface area contributed by atoms with E-state index in [9.17, 15) is 18.8 Å². The molecule has 3 aliphatic heterocycles. The molecule has 0 saturated carbocycles. The lowest BCUT2D eigenvalue weighted by Crippen LogP contribution is -2.66. The Morgan fingerprint density at radius 3 is 2.46 bits per heavy atom. The first-order valence-electron chi connectivity index (χ1n) is 17.4. The van der Waals surface area contributed by atoms with E-state index in [2.05, 4.69) is 23.6 Å². The second-order valence-corrected chi connectivity index (χ2v) is 15.3. The maximum atomic E-state index is 14.5. The van der Waals surface area contributed by atoms with Gasteiger partial charge in [-0.05, 0) is 84.2 Å². The van der Waals surface area contributed by atoms with Crippen molar-refractivity contribution in [1.82, 2.24) is 19.7 Å². The molecule has 0 aliphatic carbocycles. The fourth-order valence-electron chi connectivity index (χ4n) is 6.79. The van der Waals surface area contributed by atoms with E-state index in [1.807, 2.05) is 40.7 Å². The number of hydrogen-bond donors (Lipinski definition) is 0. The van der Waals surface area contributed by atoms with E-state index in [0.29, 0.717) is 50.7 Å². The second-order valence-electron chi connectivity index (χ2n) is 15.3. The SMILES string of the molecule is CC(=O)OCc1nc2c(cc1Cc1ccc(F)cc1)N(C(=O)CN1C[C@@H](C)N(C(=O)OC(C)(C)C)CC1CN1CCOCC1(C)C)[C@@H](C)CO2. The fourth-order valence-corrected chi connectivity index (χ4v) is 6.79. The Balaban J connectivity index is 1.44. The van der Waals surface area contributed by atoms with Crippen molar-refractivity contribution < 1.29 is 37.7 Å². The first-order valence-corrected chi connectivity index (χ1v) is 17.4. The van der Waals surface area contributed by atoms with Gasteiger partial charge in [-0.3, -0.25) is 19.4 Å². The zero-order valence-electron chi connectivity index (χ0n) is 30.7. The highest BCUT2D eigenvalue weighted by Crippen LogP contribution is 2.36. The Bertz CT molecular complexity index is 1550. The van der Waals surface area contributed by atoms with Crippen LogP contribution in [0.5, 0.6) is 5.88 Å². The normalized spacial score (nSPS) is 22.8. The number of amides is 2. The van der Waals surface area contributed by atoms with Crippen molar-refractivity contribution in [3.8, 4) is 5.88 Å². The number of carbonyl (C=O) groups excluding carboxylic acids is 3. The van der Waals surface area contributed by atoms with E-state index in [0.717, 1.165) is 17.7 Å². The van der Waals surface area contributed by atoms with Gasteiger partial charge in [-0.1, -0.05) is 12.1 Å². The van der Waals surface area contributed by atoms with E-state index in [-0.39, 0.29) is 67.1 Å². The van der Waals surface area contributed by atoms with Crippen LogP contribution in [-0.2, 0) is 36.8 Å². The zero-order valence-corrected chi connectivity index (χ0v) is 30.7. The molecule has 1 aromatic carbocycles. The van der Waals surface area contributed by atoms with Crippen LogP contribution in [0.15, 0.2) is 30.3 Å². The van der Waals surface area contributed by atoms with Crippen LogP contribution in [0, 0.1) is 5.82 Å². The Hall–Kier alpha value is -3.81. The summed E-state index contributed by atoms with van der Waals surface area (Å²) in [5.74, 6) is -0.613. The molecule has 50 heavy (non-hydrogen) atoms. The highest BCUT2D eigenvalue weighted by atomic mass is 19.1. The number of piperazine rings is 1. The van der Waals surface area contributed by atoms with Gasteiger partial charge in [0.15, 0.2) is 0 Å². The van der Waals surface area contributed by atoms with Crippen LogP contribution in [0.2, 0.25) is 0 Å². The van der Waals surface area contributed by atoms with Gasteiger partial charge in [-0.15, -0.1) is 0 Å². The molecule has 2 aromatic rings. The molecule has 3 aliphatic rings. The van der Waals surface area contributed by atoms with Gasteiger partial charge < -0.3 is 28.7 Å². The first kappa shape index (κ1) is 37.4. The topological polar surface area (TPSA) is 114 Å². The van der Waals surface area contributed by atoms with Crippen molar-refractivity contribution in [2.24, 2.45) is 0 Å². The monoisotopic (exact) mass is 697 g/mol. The molecule has 0 N–H and O–H groups in total. The molecule has 0 bridgehead atoms. The molecule has 13 heteroatoms. The van der Waals surface area contributed by atoms with Crippen LogP contribution < -0.4 is 9.64 Å². The van der Waals surface area contributed by atoms with Crippen LogP contribution >= 0.6 is 0 Å². The number of halogens is 1. The van der Waals surface area contributed by atoms with Gasteiger partial charge in [0.1, 0.15) is 30.3 Å². The van der Waals surface area contributed by atoms with Crippen molar-refractivity contribution in [2.45, 2.75) is 97.7 Å². The quantitative estimate of drug-likeness (QED) is 0.368. The predicted molar refractivity (Wildman–Crippen MR) is 186 cm³/mol. The minimum atomic E-state index is -0.632. The summed E-state index contributed by atoms with van der Waals surface area (Å²) in [6.45, 7) is 18.9. The average Bonchev–Trinajstić information content (AvgIpc) is 3.02. The molecule has 4 heterocycles. The van der Waals surface area contributed by atoms with Crippen molar-refractivity contribution in [2.75, 3.05) is 57.4 Å². The standard InChI is InChI=1S/C37H52FN5O7/c1-24-17-40(30(18-41-13-14-47-23-37(41,7)8)19-42(24)35(46)50-36(4,5)6)20-33(45)43-25(2)21-49-34-32(43)16-28(31(39-34)22-48-26(3)44)15-27-9-11-29(38)12-10-27/h9-12,16,24-25,30H,13-15,17-23H2,1-8H3/t24-,25+,30?/m1/s1. The summed E-state index contributed by atoms with van der Waals surface area (Å²) in [5, 5.41) is 0. The number of benzene rings is 1. The molecule has 0 radical (unpaired) electrons. The molecule has 2 amide bonds. The Morgan fingerprint density at radius 2 is 1.80 bits per heavy atom. The Labute approximate surface area is 294 Å². The molecule has 5 rings (SSSR count). The molecule has 1 unspecified atom stereocenters. The van der Waals surface area contributed by atoms with Crippen LogP contribution in [0.3, 0.4) is 0 Å². The smallest absolute Gasteiger partial charge is 0.410 e. The molecule has 2 fully saturated rings. The van der Waals surface area contributed by atoms with Gasteiger partial charge in [-0.25, -0.2) is 14.2 Å². The van der Waals surface area contributed by atoms with Crippen molar-refractivity contribution in [1.29, 1.82) is 0 Å². The molecular weight excluding hydrogens is 645 g/mol. The summed E-state index contributed by atoms with van der Waals surface area (Å²) in [6.07, 6.45) is 0.0250. The lowest BCUT2D eigenvalue weighted by molar-refractivity contribution is -0.142. The van der Waals surface area contributed by atoms with Crippen molar-refractivity contribution in [3.05, 3.63) is 53.0 Å². The summed E-state index contributed by atoms with van der Waals surface area (Å²) in [4.78, 5) is 52.3. The first-order chi connectivity index (χ1) is 23.5.